The van der Waals surface area contributed by atoms with Crippen LogP contribution in [0.2, 0.25) is 0 Å². The Bertz CT molecular complexity index is 711. The lowest BCUT2D eigenvalue weighted by molar-refractivity contribution is 0.327. The number of guanidine groups is 1. The summed E-state index contributed by atoms with van der Waals surface area (Å²) in [4.78, 5) is 7.13. The van der Waals surface area contributed by atoms with Crippen LogP contribution < -0.4 is 25.0 Å². The molecule has 0 atom stereocenters. The zero-order valence-electron chi connectivity index (χ0n) is 16.7. The van der Waals surface area contributed by atoms with Crippen LogP contribution in [0.15, 0.2) is 46.8 Å². The normalized spacial score (nSPS) is 15.4. The summed E-state index contributed by atoms with van der Waals surface area (Å²) in [6.07, 6.45) is 2.23. The van der Waals surface area contributed by atoms with Crippen molar-refractivity contribution in [3.63, 3.8) is 0 Å². The molecule has 0 amide bonds. The van der Waals surface area contributed by atoms with E-state index in [-0.39, 0.29) is 0 Å². The third-order valence-corrected chi connectivity index (χ3v) is 5.62. The molecule has 0 saturated carbocycles. The number of ether oxygens (including phenoxy) is 2. The Morgan fingerprint density at radius 1 is 1.18 bits per heavy atom. The Labute approximate surface area is 171 Å². The van der Waals surface area contributed by atoms with Gasteiger partial charge in [-0.15, -0.1) is 11.3 Å². The van der Waals surface area contributed by atoms with Gasteiger partial charge in [0, 0.05) is 25.7 Å². The van der Waals surface area contributed by atoms with Gasteiger partial charge in [0.15, 0.2) is 5.96 Å². The third kappa shape index (κ3) is 6.05. The molecular formula is C21H30N4O2S. The van der Waals surface area contributed by atoms with Gasteiger partial charge in [0.1, 0.15) is 18.1 Å². The summed E-state index contributed by atoms with van der Waals surface area (Å²) in [5.41, 5.74) is 0. The van der Waals surface area contributed by atoms with Gasteiger partial charge in [-0.2, -0.15) is 0 Å². The highest BCUT2D eigenvalue weighted by molar-refractivity contribution is 7.14. The molecule has 28 heavy (non-hydrogen) atoms. The summed E-state index contributed by atoms with van der Waals surface area (Å²) in [5.74, 6) is 2.53. The standard InChI is InChI=1S/C21H30N4O2S/c1-3-22-21(23-12-15-27-19-8-6-18(26-2)7-9-19)24-17-10-13-25(14-11-17)20-5-4-16-28-20/h4-9,16-17H,3,10-15H2,1-2H3,(H2,22,23,24). The number of benzene rings is 1. The van der Waals surface area contributed by atoms with Crippen LogP contribution >= 0.6 is 11.3 Å². The highest BCUT2D eigenvalue weighted by Gasteiger charge is 2.20. The molecule has 6 nitrogen and oxygen atoms in total. The molecule has 0 bridgehead atoms. The largest absolute Gasteiger partial charge is 0.497 e. The maximum atomic E-state index is 5.76. The van der Waals surface area contributed by atoms with Crippen molar-refractivity contribution in [3.05, 3.63) is 41.8 Å². The number of hydrogen-bond donors (Lipinski definition) is 2. The average Bonchev–Trinajstić information content (AvgIpc) is 3.27. The Balaban J connectivity index is 1.42. The van der Waals surface area contributed by atoms with Gasteiger partial charge in [0.25, 0.3) is 0 Å². The molecule has 0 unspecified atom stereocenters. The average molecular weight is 403 g/mol. The lowest BCUT2D eigenvalue weighted by Crippen LogP contribution is -2.48. The van der Waals surface area contributed by atoms with Gasteiger partial charge in [0.2, 0.25) is 0 Å². The van der Waals surface area contributed by atoms with Crippen molar-refractivity contribution >= 4 is 22.3 Å². The number of anilines is 1. The van der Waals surface area contributed by atoms with Crippen molar-refractivity contribution in [1.29, 1.82) is 0 Å². The number of rotatable bonds is 8. The second kappa shape index (κ2) is 10.8. The maximum absolute atomic E-state index is 5.76. The van der Waals surface area contributed by atoms with Crippen LogP contribution in [0, 0.1) is 0 Å². The SMILES string of the molecule is CCNC(=NCCOc1ccc(OC)cc1)NC1CCN(c2cccs2)CC1. The monoisotopic (exact) mass is 402 g/mol. The van der Waals surface area contributed by atoms with Crippen molar-refractivity contribution in [1.82, 2.24) is 10.6 Å². The Hall–Kier alpha value is -2.41. The van der Waals surface area contributed by atoms with Gasteiger partial charge in [0.05, 0.1) is 18.7 Å². The number of piperidine rings is 1. The van der Waals surface area contributed by atoms with Crippen molar-refractivity contribution in [2.45, 2.75) is 25.8 Å². The molecule has 1 aliphatic heterocycles. The van der Waals surface area contributed by atoms with E-state index < -0.39 is 0 Å². The second-order valence-corrected chi connectivity index (χ2v) is 7.57. The molecule has 2 N–H and O–H groups in total. The zero-order chi connectivity index (χ0) is 19.6. The predicted octanol–water partition coefficient (Wildman–Crippen LogP) is 3.36. The molecule has 1 fully saturated rings. The van der Waals surface area contributed by atoms with Crippen LogP contribution in [0.3, 0.4) is 0 Å². The van der Waals surface area contributed by atoms with Crippen LogP contribution in [0.5, 0.6) is 11.5 Å². The highest BCUT2D eigenvalue weighted by atomic mass is 32.1. The predicted molar refractivity (Wildman–Crippen MR) is 117 cm³/mol. The molecule has 1 saturated heterocycles. The molecule has 2 heterocycles. The first-order valence-corrected chi connectivity index (χ1v) is 10.8. The smallest absolute Gasteiger partial charge is 0.191 e. The number of hydrogen-bond acceptors (Lipinski definition) is 5. The minimum absolute atomic E-state index is 0.455. The fourth-order valence-electron chi connectivity index (χ4n) is 3.20. The Morgan fingerprint density at radius 2 is 1.93 bits per heavy atom. The summed E-state index contributed by atoms with van der Waals surface area (Å²) in [5, 5.41) is 10.4. The molecule has 1 aromatic carbocycles. The molecule has 1 aliphatic rings. The van der Waals surface area contributed by atoms with E-state index in [1.54, 1.807) is 7.11 Å². The zero-order valence-corrected chi connectivity index (χ0v) is 17.5. The van der Waals surface area contributed by atoms with Crippen molar-refractivity contribution in [2.24, 2.45) is 4.99 Å². The van der Waals surface area contributed by atoms with E-state index in [4.69, 9.17) is 9.47 Å². The summed E-state index contributed by atoms with van der Waals surface area (Å²) in [7, 11) is 1.66. The van der Waals surface area contributed by atoms with Crippen molar-refractivity contribution in [2.75, 3.05) is 44.8 Å². The van der Waals surface area contributed by atoms with E-state index in [9.17, 15) is 0 Å². The van der Waals surface area contributed by atoms with Gasteiger partial charge in [-0.3, -0.25) is 0 Å². The van der Waals surface area contributed by atoms with Crippen LogP contribution in [-0.2, 0) is 0 Å². The van der Waals surface area contributed by atoms with Crippen LogP contribution in [0.4, 0.5) is 5.00 Å². The number of thiophene rings is 1. The minimum atomic E-state index is 0.455. The van der Waals surface area contributed by atoms with E-state index in [0.29, 0.717) is 19.2 Å². The van der Waals surface area contributed by atoms with Crippen LogP contribution in [0.1, 0.15) is 19.8 Å². The molecule has 0 radical (unpaired) electrons. The molecule has 0 aliphatic carbocycles. The van der Waals surface area contributed by atoms with E-state index in [0.717, 1.165) is 49.9 Å². The Morgan fingerprint density at radius 3 is 2.57 bits per heavy atom. The van der Waals surface area contributed by atoms with Crippen molar-refractivity contribution < 1.29 is 9.47 Å². The molecule has 3 rings (SSSR count). The topological polar surface area (TPSA) is 58.1 Å². The van der Waals surface area contributed by atoms with Gasteiger partial charge >= 0.3 is 0 Å². The molecule has 7 heteroatoms. The van der Waals surface area contributed by atoms with Gasteiger partial charge in [-0.1, -0.05) is 0 Å². The third-order valence-electron chi connectivity index (χ3n) is 4.69. The fraction of sp³-hybridized carbons (Fsp3) is 0.476. The number of nitrogens with zero attached hydrogens (tertiary/aromatic N) is 2. The quantitative estimate of drug-likeness (QED) is 0.403. The lowest BCUT2D eigenvalue weighted by Gasteiger charge is -2.33. The Kier molecular flexibility index (Phi) is 7.84. The van der Waals surface area contributed by atoms with E-state index >= 15 is 0 Å². The molecule has 2 aromatic rings. The fourth-order valence-corrected chi connectivity index (χ4v) is 3.99. The summed E-state index contributed by atoms with van der Waals surface area (Å²) >= 11 is 1.82. The van der Waals surface area contributed by atoms with Gasteiger partial charge in [-0.25, -0.2) is 4.99 Å². The number of aliphatic imine (C=N–C) groups is 1. The lowest BCUT2D eigenvalue weighted by atomic mass is 10.1. The first kappa shape index (κ1) is 20.3. The molecule has 152 valence electrons. The van der Waals surface area contributed by atoms with Gasteiger partial charge < -0.3 is 25.0 Å². The summed E-state index contributed by atoms with van der Waals surface area (Å²) in [6.45, 7) is 6.25. The second-order valence-electron chi connectivity index (χ2n) is 6.64. The van der Waals surface area contributed by atoms with Crippen LogP contribution in [0.25, 0.3) is 0 Å². The first-order chi connectivity index (χ1) is 13.8. The van der Waals surface area contributed by atoms with Crippen molar-refractivity contribution in [3.8, 4) is 11.5 Å². The molecular weight excluding hydrogens is 372 g/mol. The maximum Gasteiger partial charge on any atom is 0.191 e. The first-order valence-electron chi connectivity index (χ1n) is 9.88. The molecule has 1 aromatic heterocycles. The van der Waals surface area contributed by atoms with Gasteiger partial charge in [-0.05, 0) is 61.5 Å². The number of methoxy groups -OCH3 is 1. The van der Waals surface area contributed by atoms with E-state index in [1.807, 2.05) is 35.6 Å². The summed E-state index contributed by atoms with van der Waals surface area (Å²) < 4.78 is 10.9. The summed E-state index contributed by atoms with van der Waals surface area (Å²) in [6, 6.07) is 12.4. The van der Waals surface area contributed by atoms with Crippen LogP contribution in [-0.4, -0.2) is 51.9 Å². The number of nitrogens with one attached hydrogen (secondary N) is 2. The highest BCUT2D eigenvalue weighted by Crippen LogP contribution is 2.24. The molecule has 0 spiro atoms. The van der Waals surface area contributed by atoms with E-state index in [2.05, 4.69) is 45.0 Å². The van der Waals surface area contributed by atoms with E-state index in [1.165, 1.54) is 5.00 Å². The minimum Gasteiger partial charge on any atom is -0.497 e.